The van der Waals surface area contributed by atoms with Crippen LogP contribution >= 0.6 is 0 Å². The molecule has 5 rings (SSSR count). The smallest absolute Gasteiger partial charge is 0.259 e. The van der Waals surface area contributed by atoms with E-state index in [1.165, 1.54) is 11.8 Å². The van der Waals surface area contributed by atoms with Crippen LogP contribution in [-0.4, -0.2) is 49.2 Å². The zero-order chi connectivity index (χ0) is 25.7. The van der Waals surface area contributed by atoms with Crippen LogP contribution in [0.25, 0.3) is 10.9 Å². The number of nitrogens with one attached hydrogen (secondary N) is 1. The molecule has 2 aliphatic heterocycles. The van der Waals surface area contributed by atoms with Crippen molar-refractivity contribution in [2.75, 3.05) is 33.2 Å². The molecular formula is C28H31N3O5. The summed E-state index contributed by atoms with van der Waals surface area (Å²) in [5, 5.41) is 4.56. The molecule has 3 heterocycles. The van der Waals surface area contributed by atoms with Crippen LogP contribution in [0.1, 0.15) is 37.8 Å². The Morgan fingerprint density at radius 1 is 1.06 bits per heavy atom. The number of anilines is 1. The van der Waals surface area contributed by atoms with Crippen LogP contribution in [0, 0.1) is 5.92 Å². The van der Waals surface area contributed by atoms with Gasteiger partial charge in [-0.05, 0) is 29.7 Å². The second-order valence-corrected chi connectivity index (χ2v) is 9.64. The average Bonchev–Trinajstić information content (AvgIpc) is 3.32. The molecule has 0 unspecified atom stereocenters. The van der Waals surface area contributed by atoms with Gasteiger partial charge in [0, 0.05) is 54.0 Å². The summed E-state index contributed by atoms with van der Waals surface area (Å²) in [7, 11) is 4.75. The molecular weight excluding hydrogens is 458 g/mol. The lowest BCUT2D eigenvalue weighted by atomic mass is 9.83. The number of benzene rings is 2. The number of aromatic nitrogens is 1. The standard InChI is InChI=1S/C28H31N3O5/c1-15(2)12-30-13-18-25(17-10-23(35-5)24(36-6)11-22(17)34-4)27-20(14-31(16(3)32)28(27)33)29-19-8-7-9-21(30)26(18)19/h7-11,13,15,25,29H,12,14H2,1-6H3/t25-/m1/s1. The summed E-state index contributed by atoms with van der Waals surface area (Å²) in [4.78, 5) is 27.4. The van der Waals surface area contributed by atoms with E-state index in [0.717, 1.165) is 40.0 Å². The third-order valence-corrected chi connectivity index (χ3v) is 6.93. The predicted molar refractivity (Wildman–Crippen MR) is 138 cm³/mol. The van der Waals surface area contributed by atoms with Crippen LogP contribution in [-0.2, 0) is 16.1 Å². The van der Waals surface area contributed by atoms with Gasteiger partial charge in [-0.3, -0.25) is 14.5 Å². The molecule has 0 radical (unpaired) electrons. The Hall–Kier alpha value is -3.94. The van der Waals surface area contributed by atoms with Gasteiger partial charge in [0.1, 0.15) is 5.75 Å². The molecule has 0 spiro atoms. The molecule has 0 fully saturated rings. The number of carbonyl (C=O) groups excluding carboxylic acids is 2. The maximum atomic E-state index is 13.8. The Morgan fingerprint density at radius 2 is 1.75 bits per heavy atom. The first-order valence-corrected chi connectivity index (χ1v) is 12.0. The zero-order valence-electron chi connectivity index (χ0n) is 21.5. The minimum atomic E-state index is -0.487. The molecule has 2 aromatic carbocycles. The third kappa shape index (κ3) is 3.59. The van der Waals surface area contributed by atoms with Gasteiger partial charge in [0.2, 0.25) is 5.91 Å². The summed E-state index contributed by atoms with van der Waals surface area (Å²) < 4.78 is 19.2. The Kier molecular flexibility index (Phi) is 5.90. The van der Waals surface area contributed by atoms with Gasteiger partial charge in [0.15, 0.2) is 11.5 Å². The molecule has 0 saturated carbocycles. The normalized spacial score (nSPS) is 16.8. The summed E-state index contributed by atoms with van der Waals surface area (Å²) in [6.45, 7) is 6.80. The number of hydrogen-bond acceptors (Lipinski definition) is 6. The van der Waals surface area contributed by atoms with Crippen LogP contribution in [0.15, 0.2) is 47.8 Å². The molecule has 8 heteroatoms. The first-order valence-electron chi connectivity index (χ1n) is 12.0. The second kappa shape index (κ2) is 8.93. The minimum absolute atomic E-state index is 0.197. The molecule has 0 aliphatic carbocycles. The number of imide groups is 1. The molecule has 0 bridgehead atoms. The van der Waals surface area contributed by atoms with Gasteiger partial charge in [0.05, 0.1) is 39.0 Å². The van der Waals surface area contributed by atoms with Crippen molar-refractivity contribution in [2.45, 2.75) is 33.2 Å². The Morgan fingerprint density at radius 3 is 2.39 bits per heavy atom. The summed E-state index contributed by atoms with van der Waals surface area (Å²) >= 11 is 0. The van der Waals surface area contributed by atoms with E-state index in [9.17, 15) is 9.59 Å². The minimum Gasteiger partial charge on any atom is -0.496 e. The van der Waals surface area contributed by atoms with E-state index in [1.807, 2.05) is 18.2 Å². The van der Waals surface area contributed by atoms with E-state index < -0.39 is 5.92 Å². The number of rotatable bonds is 6. The van der Waals surface area contributed by atoms with Crippen molar-refractivity contribution in [3.8, 4) is 17.2 Å². The first kappa shape index (κ1) is 23.8. The molecule has 3 aromatic rings. The summed E-state index contributed by atoms with van der Waals surface area (Å²) in [5.41, 5.74) is 5.00. The number of carbonyl (C=O) groups is 2. The molecule has 1 atom stereocenters. The predicted octanol–water partition coefficient (Wildman–Crippen LogP) is 4.52. The van der Waals surface area contributed by atoms with Crippen LogP contribution < -0.4 is 19.5 Å². The molecule has 2 aliphatic rings. The van der Waals surface area contributed by atoms with E-state index in [0.29, 0.717) is 28.7 Å². The van der Waals surface area contributed by atoms with E-state index in [2.05, 4.69) is 36.0 Å². The second-order valence-electron chi connectivity index (χ2n) is 9.64. The SMILES string of the molecule is COc1cc(OC)c([C@H]2C3=C(CN(C(C)=O)C3=O)Nc3cccc4c3c2cn4CC(C)C)cc1OC. The quantitative estimate of drug-likeness (QED) is 0.548. The summed E-state index contributed by atoms with van der Waals surface area (Å²) in [6, 6.07) is 9.79. The zero-order valence-corrected chi connectivity index (χ0v) is 21.5. The van der Waals surface area contributed by atoms with Crippen molar-refractivity contribution in [2.24, 2.45) is 5.92 Å². The topological polar surface area (TPSA) is 82.0 Å². The fourth-order valence-corrected chi connectivity index (χ4v) is 5.42. The molecule has 8 nitrogen and oxygen atoms in total. The monoisotopic (exact) mass is 489 g/mol. The molecule has 2 amide bonds. The maximum absolute atomic E-state index is 13.8. The van der Waals surface area contributed by atoms with Gasteiger partial charge in [-0.1, -0.05) is 19.9 Å². The van der Waals surface area contributed by atoms with Crippen LogP contribution in [0.4, 0.5) is 5.69 Å². The lowest BCUT2D eigenvalue weighted by Crippen LogP contribution is -2.33. The van der Waals surface area contributed by atoms with Crippen molar-refractivity contribution < 1.29 is 23.8 Å². The lowest BCUT2D eigenvalue weighted by molar-refractivity contribution is -0.139. The molecule has 1 N–H and O–H groups in total. The van der Waals surface area contributed by atoms with Crippen molar-refractivity contribution in [3.05, 3.63) is 58.9 Å². The number of nitrogens with zero attached hydrogens (tertiary/aromatic N) is 2. The van der Waals surface area contributed by atoms with Crippen LogP contribution in [0.2, 0.25) is 0 Å². The van der Waals surface area contributed by atoms with E-state index in [-0.39, 0.29) is 18.4 Å². The van der Waals surface area contributed by atoms with Crippen molar-refractivity contribution in [3.63, 3.8) is 0 Å². The van der Waals surface area contributed by atoms with Crippen molar-refractivity contribution in [1.29, 1.82) is 0 Å². The Balaban J connectivity index is 1.84. The van der Waals surface area contributed by atoms with Gasteiger partial charge in [0.25, 0.3) is 5.91 Å². The van der Waals surface area contributed by atoms with E-state index in [4.69, 9.17) is 14.2 Å². The fourth-order valence-electron chi connectivity index (χ4n) is 5.42. The largest absolute Gasteiger partial charge is 0.496 e. The number of ether oxygens (including phenoxy) is 3. The van der Waals surface area contributed by atoms with Crippen molar-refractivity contribution in [1.82, 2.24) is 9.47 Å². The van der Waals surface area contributed by atoms with E-state index >= 15 is 0 Å². The lowest BCUT2D eigenvalue weighted by Gasteiger charge is -2.23. The molecule has 188 valence electrons. The number of amides is 2. The molecule has 0 saturated heterocycles. The Bertz CT molecular complexity index is 1420. The first-order chi connectivity index (χ1) is 17.3. The van der Waals surface area contributed by atoms with Crippen molar-refractivity contribution >= 4 is 28.4 Å². The number of methoxy groups -OCH3 is 3. The van der Waals surface area contributed by atoms with Gasteiger partial charge in [-0.25, -0.2) is 0 Å². The molecule has 1 aromatic heterocycles. The third-order valence-electron chi connectivity index (χ3n) is 6.93. The highest BCUT2D eigenvalue weighted by Gasteiger charge is 2.43. The maximum Gasteiger partial charge on any atom is 0.259 e. The Labute approximate surface area is 210 Å². The van der Waals surface area contributed by atoms with Gasteiger partial charge in [-0.15, -0.1) is 0 Å². The van der Waals surface area contributed by atoms with Crippen LogP contribution in [0.5, 0.6) is 17.2 Å². The fraction of sp³-hybridized carbons (Fsp3) is 0.357. The highest BCUT2D eigenvalue weighted by Crippen LogP contribution is 2.50. The summed E-state index contributed by atoms with van der Waals surface area (Å²) in [5.74, 6) is 0.991. The highest BCUT2D eigenvalue weighted by molar-refractivity contribution is 6.11. The number of hydrogen-bond donors (Lipinski definition) is 1. The van der Waals surface area contributed by atoms with Gasteiger partial charge in [-0.2, -0.15) is 0 Å². The van der Waals surface area contributed by atoms with Crippen LogP contribution in [0.3, 0.4) is 0 Å². The average molecular weight is 490 g/mol. The van der Waals surface area contributed by atoms with Gasteiger partial charge >= 0.3 is 0 Å². The highest BCUT2D eigenvalue weighted by atomic mass is 16.5. The van der Waals surface area contributed by atoms with Gasteiger partial charge < -0.3 is 24.1 Å². The van der Waals surface area contributed by atoms with E-state index in [1.54, 1.807) is 27.4 Å². The molecule has 36 heavy (non-hydrogen) atoms. The summed E-state index contributed by atoms with van der Waals surface area (Å²) in [6.07, 6.45) is 2.14.